The van der Waals surface area contributed by atoms with E-state index in [2.05, 4.69) is 5.32 Å². The SMILES string of the molecule is COC(=O)C1=CC=C2NC(c3cccc([N+](=O)[O-])c3)=CN2C1. The Morgan fingerprint density at radius 2 is 2.23 bits per heavy atom. The Morgan fingerprint density at radius 1 is 1.41 bits per heavy atom. The number of nitro benzene ring substituents is 1. The molecule has 0 saturated carbocycles. The van der Waals surface area contributed by atoms with Crippen LogP contribution in [0.1, 0.15) is 5.56 Å². The van der Waals surface area contributed by atoms with Gasteiger partial charge in [-0.15, -0.1) is 0 Å². The molecule has 0 unspecified atom stereocenters. The first-order valence-corrected chi connectivity index (χ1v) is 6.58. The lowest BCUT2D eigenvalue weighted by Gasteiger charge is -2.21. The van der Waals surface area contributed by atoms with E-state index in [1.165, 1.54) is 19.2 Å². The van der Waals surface area contributed by atoms with Gasteiger partial charge in [-0.3, -0.25) is 10.1 Å². The molecule has 0 radical (unpaired) electrons. The van der Waals surface area contributed by atoms with Crippen LogP contribution in [0.2, 0.25) is 0 Å². The second-order valence-corrected chi connectivity index (χ2v) is 4.84. The first-order chi connectivity index (χ1) is 10.6. The lowest BCUT2D eigenvalue weighted by atomic mass is 10.1. The van der Waals surface area contributed by atoms with Gasteiger partial charge >= 0.3 is 5.97 Å². The molecule has 1 N–H and O–H groups in total. The Kier molecular flexibility index (Phi) is 3.38. The molecule has 2 aliphatic heterocycles. The Balaban J connectivity index is 1.85. The van der Waals surface area contributed by atoms with E-state index >= 15 is 0 Å². The lowest BCUT2D eigenvalue weighted by Crippen LogP contribution is -2.27. The van der Waals surface area contributed by atoms with Crippen molar-refractivity contribution in [2.24, 2.45) is 0 Å². The second-order valence-electron chi connectivity index (χ2n) is 4.84. The van der Waals surface area contributed by atoms with Crippen molar-refractivity contribution in [3.63, 3.8) is 0 Å². The summed E-state index contributed by atoms with van der Waals surface area (Å²) >= 11 is 0. The van der Waals surface area contributed by atoms with Crippen molar-refractivity contribution >= 4 is 17.4 Å². The van der Waals surface area contributed by atoms with E-state index in [1.807, 2.05) is 11.1 Å². The fourth-order valence-corrected chi connectivity index (χ4v) is 2.35. The van der Waals surface area contributed by atoms with E-state index < -0.39 is 4.92 Å². The van der Waals surface area contributed by atoms with Crippen molar-refractivity contribution in [3.8, 4) is 0 Å². The van der Waals surface area contributed by atoms with E-state index in [0.29, 0.717) is 17.7 Å². The van der Waals surface area contributed by atoms with E-state index in [4.69, 9.17) is 4.74 Å². The molecule has 0 bridgehead atoms. The molecule has 0 saturated heterocycles. The molecule has 0 amide bonds. The number of carbonyl (C=O) groups excluding carboxylic acids is 1. The van der Waals surface area contributed by atoms with Gasteiger partial charge in [-0.05, 0) is 12.2 Å². The zero-order valence-electron chi connectivity index (χ0n) is 11.8. The van der Waals surface area contributed by atoms with Crippen LogP contribution in [0.3, 0.4) is 0 Å². The van der Waals surface area contributed by atoms with Gasteiger partial charge < -0.3 is 15.0 Å². The standard InChI is InChI=1S/C15H13N3O4/c1-22-15(19)11-5-6-14-16-13(9-17(14)8-11)10-3-2-4-12(7-10)18(20)21/h2-7,9,16H,8H2,1H3. The van der Waals surface area contributed by atoms with Gasteiger partial charge in [0.1, 0.15) is 5.82 Å². The van der Waals surface area contributed by atoms with Crippen LogP contribution in [-0.2, 0) is 9.53 Å². The number of benzene rings is 1. The molecule has 22 heavy (non-hydrogen) atoms. The Hall–Kier alpha value is -3.09. The summed E-state index contributed by atoms with van der Waals surface area (Å²) in [6.45, 7) is 0.393. The van der Waals surface area contributed by atoms with Crippen molar-refractivity contribution in [1.82, 2.24) is 10.2 Å². The Bertz CT molecular complexity index is 749. The van der Waals surface area contributed by atoms with E-state index in [9.17, 15) is 14.9 Å². The summed E-state index contributed by atoms with van der Waals surface area (Å²) in [7, 11) is 1.34. The lowest BCUT2D eigenvalue weighted by molar-refractivity contribution is -0.384. The number of fused-ring (bicyclic) bond motifs is 1. The highest BCUT2D eigenvalue weighted by Crippen LogP contribution is 2.27. The third-order valence-corrected chi connectivity index (χ3v) is 3.46. The largest absolute Gasteiger partial charge is 0.466 e. The highest BCUT2D eigenvalue weighted by molar-refractivity contribution is 5.90. The quantitative estimate of drug-likeness (QED) is 0.520. The second kappa shape index (κ2) is 5.36. The molecule has 2 aliphatic rings. The maximum Gasteiger partial charge on any atom is 0.335 e. The third kappa shape index (κ3) is 2.44. The number of carbonyl (C=O) groups is 1. The average Bonchev–Trinajstić information content (AvgIpc) is 2.97. The molecule has 3 rings (SSSR count). The van der Waals surface area contributed by atoms with Gasteiger partial charge in [-0.2, -0.15) is 0 Å². The van der Waals surface area contributed by atoms with Gasteiger partial charge in [0.2, 0.25) is 0 Å². The molecular formula is C15H13N3O4. The number of methoxy groups -OCH3 is 1. The molecule has 7 nitrogen and oxygen atoms in total. The van der Waals surface area contributed by atoms with Crippen LogP contribution in [0.4, 0.5) is 5.69 Å². The van der Waals surface area contributed by atoms with Crippen molar-refractivity contribution < 1.29 is 14.5 Å². The molecule has 0 atom stereocenters. The summed E-state index contributed by atoms with van der Waals surface area (Å²) in [5.41, 5.74) is 2.04. The monoisotopic (exact) mass is 299 g/mol. The summed E-state index contributed by atoms with van der Waals surface area (Å²) in [5.74, 6) is 0.446. The van der Waals surface area contributed by atoms with Crippen LogP contribution < -0.4 is 5.32 Å². The summed E-state index contributed by atoms with van der Waals surface area (Å²) in [4.78, 5) is 23.9. The number of rotatable bonds is 3. The average molecular weight is 299 g/mol. The van der Waals surface area contributed by atoms with Gasteiger partial charge in [-0.25, -0.2) is 4.79 Å². The number of esters is 1. The van der Waals surface area contributed by atoms with E-state index in [0.717, 1.165) is 11.5 Å². The Morgan fingerprint density at radius 3 is 2.95 bits per heavy atom. The number of ether oxygens (including phenoxy) is 1. The van der Waals surface area contributed by atoms with Gasteiger partial charge in [0.05, 0.1) is 29.8 Å². The van der Waals surface area contributed by atoms with Crippen LogP contribution >= 0.6 is 0 Å². The summed E-state index contributed by atoms with van der Waals surface area (Å²) in [6.07, 6.45) is 5.30. The van der Waals surface area contributed by atoms with Crippen LogP contribution in [0.5, 0.6) is 0 Å². The molecule has 1 aromatic carbocycles. The molecule has 7 heteroatoms. The highest BCUT2D eigenvalue weighted by Gasteiger charge is 2.25. The van der Waals surface area contributed by atoms with Crippen molar-refractivity contribution in [2.45, 2.75) is 0 Å². The maximum absolute atomic E-state index is 11.6. The Labute approximate surface area is 126 Å². The summed E-state index contributed by atoms with van der Waals surface area (Å²) in [5, 5.41) is 14.0. The first kappa shape index (κ1) is 13.9. The fraction of sp³-hybridized carbons (Fsp3) is 0.133. The highest BCUT2D eigenvalue weighted by atomic mass is 16.6. The minimum atomic E-state index is -0.428. The van der Waals surface area contributed by atoms with Gasteiger partial charge in [0.15, 0.2) is 0 Å². The molecule has 0 aromatic heterocycles. The number of nitrogens with zero attached hydrogens (tertiary/aromatic N) is 2. The minimum Gasteiger partial charge on any atom is -0.466 e. The molecule has 0 spiro atoms. The zero-order valence-corrected chi connectivity index (χ0v) is 11.8. The van der Waals surface area contributed by atoms with Gasteiger partial charge in [-0.1, -0.05) is 12.1 Å². The van der Waals surface area contributed by atoms with Crippen LogP contribution in [0, 0.1) is 10.1 Å². The molecule has 2 heterocycles. The van der Waals surface area contributed by atoms with Crippen LogP contribution in [-0.4, -0.2) is 29.4 Å². The van der Waals surface area contributed by atoms with E-state index in [-0.39, 0.29) is 11.7 Å². The first-order valence-electron chi connectivity index (χ1n) is 6.58. The van der Waals surface area contributed by atoms with Gasteiger partial charge in [0, 0.05) is 23.9 Å². The maximum atomic E-state index is 11.6. The fourth-order valence-electron chi connectivity index (χ4n) is 2.35. The topological polar surface area (TPSA) is 84.7 Å². The number of nitrogens with one attached hydrogen (secondary N) is 1. The number of non-ortho nitro benzene ring substituents is 1. The third-order valence-electron chi connectivity index (χ3n) is 3.46. The zero-order chi connectivity index (χ0) is 15.7. The predicted molar refractivity (Wildman–Crippen MR) is 79.1 cm³/mol. The molecule has 112 valence electrons. The number of allylic oxidation sites excluding steroid dienone is 2. The number of hydrogen-bond acceptors (Lipinski definition) is 6. The van der Waals surface area contributed by atoms with E-state index in [1.54, 1.807) is 24.3 Å². The smallest absolute Gasteiger partial charge is 0.335 e. The van der Waals surface area contributed by atoms with Crippen molar-refractivity contribution in [2.75, 3.05) is 13.7 Å². The summed E-state index contributed by atoms with van der Waals surface area (Å²) in [6, 6.07) is 6.38. The predicted octanol–water partition coefficient (Wildman–Crippen LogP) is 1.75. The van der Waals surface area contributed by atoms with Crippen LogP contribution in [0.15, 0.2) is 54.0 Å². The van der Waals surface area contributed by atoms with Crippen molar-refractivity contribution in [1.29, 1.82) is 0 Å². The molecular weight excluding hydrogens is 286 g/mol. The van der Waals surface area contributed by atoms with Crippen LogP contribution in [0.25, 0.3) is 5.70 Å². The van der Waals surface area contributed by atoms with Crippen molar-refractivity contribution in [3.05, 3.63) is 69.7 Å². The summed E-state index contributed by atoms with van der Waals surface area (Å²) < 4.78 is 4.71. The minimum absolute atomic E-state index is 0.0347. The molecule has 1 aromatic rings. The normalized spacial score (nSPS) is 16.0. The number of nitro groups is 1. The van der Waals surface area contributed by atoms with Gasteiger partial charge in [0.25, 0.3) is 5.69 Å². The number of hydrogen-bond donors (Lipinski definition) is 1. The molecule has 0 aliphatic carbocycles. The molecule has 0 fully saturated rings.